The SMILES string of the molecule is CCCCCCCCO[C@H]1O[C@H](CO)[C@@H](O)[C@H](O)[C@@H]1S. The maximum atomic E-state index is 9.82. The molecule has 0 spiro atoms. The van der Waals surface area contributed by atoms with E-state index in [-0.39, 0.29) is 6.61 Å². The van der Waals surface area contributed by atoms with Gasteiger partial charge in [0.05, 0.1) is 18.0 Å². The first-order valence-electron chi connectivity index (χ1n) is 7.54. The van der Waals surface area contributed by atoms with Crippen molar-refractivity contribution in [2.24, 2.45) is 0 Å². The van der Waals surface area contributed by atoms with Crippen molar-refractivity contribution >= 4 is 12.6 Å². The zero-order valence-corrected chi connectivity index (χ0v) is 13.0. The summed E-state index contributed by atoms with van der Waals surface area (Å²) >= 11 is 4.22. The number of unbranched alkanes of at least 4 members (excludes halogenated alkanes) is 5. The van der Waals surface area contributed by atoms with Crippen LogP contribution in [0.4, 0.5) is 0 Å². The quantitative estimate of drug-likeness (QED) is 0.379. The molecule has 0 aliphatic carbocycles. The Morgan fingerprint density at radius 1 is 1.05 bits per heavy atom. The van der Waals surface area contributed by atoms with Crippen molar-refractivity contribution in [1.82, 2.24) is 0 Å². The van der Waals surface area contributed by atoms with Crippen LogP contribution in [-0.4, -0.2) is 58.4 Å². The van der Waals surface area contributed by atoms with Gasteiger partial charge in [0.25, 0.3) is 0 Å². The Balaban J connectivity index is 2.21. The van der Waals surface area contributed by atoms with Gasteiger partial charge in [0.15, 0.2) is 6.29 Å². The van der Waals surface area contributed by atoms with E-state index in [1.165, 1.54) is 25.7 Å². The number of hydrogen-bond donors (Lipinski definition) is 4. The highest BCUT2D eigenvalue weighted by atomic mass is 32.1. The number of aliphatic hydroxyl groups is 3. The minimum atomic E-state index is -1.13. The van der Waals surface area contributed by atoms with Crippen LogP contribution >= 0.6 is 12.6 Å². The van der Waals surface area contributed by atoms with Gasteiger partial charge < -0.3 is 24.8 Å². The molecule has 1 saturated heterocycles. The van der Waals surface area contributed by atoms with E-state index in [1.807, 2.05) is 0 Å². The molecule has 6 heteroatoms. The second-order valence-corrected chi connectivity index (χ2v) is 5.93. The zero-order chi connectivity index (χ0) is 15.0. The summed E-state index contributed by atoms with van der Waals surface area (Å²) in [5, 5.41) is 28.0. The Bertz CT molecular complexity index is 252. The predicted octanol–water partition coefficient (Wildman–Crippen LogP) is 1.10. The van der Waals surface area contributed by atoms with E-state index in [0.717, 1.165) is 12.8 Å². The molecule has 5 nitrogen and oxygen atoms in total. The van der Waals surface area contributed by atoms with Gasteiger partial charge in [-0.3, -0.25) is 0 Å². The van der Waals surface area contributed by atoms with E-state index >= 15 is 0 Å². The summed E-state index contributed by atoms with van der Waals surface area (Å²) in [4.78, 5) is 0. The number of thiol groups is 1. The number of ether oxygens (including phenoxy) is 2. The van der Waals surface area contributed by atoms with Gasteiger partial charge in [-0.2, -0.15) is 12.6 Å². The highest BCUT2D eigenvalue weighted by molar-refractivity contribution is 7.81. The van der Waals surface area contributed by atoms with Gasteiger partial charge in [-0.25, -0.2) is 0 Å². The van der Waals surface area contributed by atoms with Crippen molar-refractivity contribution in [2.45, 2.75) is 75.3 Å². The number of rotatable bonds is 9. The fraction of sp³-hybridized carbons (Fsp3) is 1.00. The molecule has 20 heavy (non-hydrogen) atoms. The van der Waals surface area contributed by atoms with E-state index in [2.05, 4.69) is 19.6 Å². The Morgan fingerprint density at radius 2 is 1.70 bits per heavy atom. The molecule has 5 atom stereocenters. The predicted molar refractivity (Wildman–Crippen MR) is 79.9 cm³/mol. The van der Waals surface area contributed by atoms with Crippen molar-refractivity contribution in [3.63, 3.8) is 0 Å². The van der Waals surface area contributed by atoms with E-state index in [1.54, 1.807) is 0 Å². The van der Waals surface area contributed by atoms with Crippen LogP contribution in [0.25, 0.3) is 0 Å². The van der Waals surface area contributed by atoms with Crippen molar-refractivity contribution in [3.05, 3.63) is 0 Å². The fourth-order valence-corrected chi connectivity index (χ4v) is 2.62. The second-order valence-electron chi connectivity index (χ2n) is 5.34. The minimum absolute atomic E-state index is 0.352. The van der Waals surface area contributed by atoms with Crippen LogP contribution in [0.15, 0.2) is 0 Å². The third-order valence-electron chi connectivity index (χ3n) is 3.63. The van der Waals surface area contributed by atoms with Crippen LogP contribution < -0.4 is 0 Å². The molecule has 0 amide bonds. The average Bonchev–Trinajstić information content (AvgIpc) is 2.46. The third-order valence-corrected chi connectivity index (χ3v) is 4.18. The largest absolute Gasteiger partial charge is 0.394 e. The molecule has 120 valence electrons. The van der Waals surface area contributed by atoms with Crippen molar-refractivity contribution < 1.29 is 24.8 Å². The summed E-state index contributed by atoms with van der Waals surface area (Å²) in [5.41, 5.74) is 0. The Kier molecular flexibility index (Phi) is 9.08. The maximum absolute atomic E-state index is 9.82. The molecule has 1 aliphatic heterocycles. The van der Waals surface area contributed by atoms with Crippen LogP contribution in [0.2, 0.25) is 0 Å². The summed E-state index contributed by atoms with van der Waals surface area (Å²) < 4.78 is 11.0. The molecule has 0 aromatic carbocycles. The van der Waals surface area contributed by atoms with E-state index in [0.29, 0.717) is 6.61 Å². The first-order chi connectivity index (χ1) is 9.61. The molecule has 1 rings (SSSR count). The monoisotopic (exact) mass is 308 g/mol. The molecule has 0 saturated carbocycles. The smallest absolute Gasteiger partial charge is 0.172 e. The summed E-state index contributed by atoms with van der Waals surface area (Å²) in [6, 6.07) is 0. The topological polar surface area (TPSA) is 79.2 Å². The molecule has 1 fully saturated rings. The Labute approximate surface area is 126 Å². The molecule has 0 bridgehead atoms. The second kappa shape index (κ2) is 9.97. The lowest BCUT2D eigenvalue weighted by Crippen LogP contribution is -2.57. The van der Waals surface area contributed by atoms with E-state index < -0.39 is 29.9 Å². The van der Waals surface area contributed by atoms with Crippen LogP contribution in [-0.2, 0) is 9.47 Å². The number of aliphatic hydroxyl groups excluding tert-OH is 3. The maximum Gasteiger partial charge on any atom is 0.172 e. The van der Waals surface area contributed by atoms with Gasteiger partial charge in [-0.1, -0.05) is 39.0 Å². The molecule has 0 radical (unpaired) electrons. The molecular formula is C14H28O5S. The lowest BCUT2D eigenvalue weighted by Gasteiger charge is -2.40. The molecule has 0 aromatic rings. The van der Waals surface area contributed by atoms with Crippen molar-refractivity contribution in [3.8, 4) is 0 Å². The van der Waals surface area contributed by atoms with Gasteiger partial charge in [-0.15, -0.1) is 0 Å². The van der Waals surface area contributed by atoms with E-state index in [9.17, 15) is 10.2 Å². The zero-order valence-electron chi connectivity index (χ0n) is 12.1. The Hall–Kier alpha value is 0.150. The summed E-state index contributed by atoms with van der Waals surface area (Å²) in [5.74, 6) is 0. The lowest BCUT2D eigenvalue weighted by atomic mass is 10.0. The van der Waals surface area contributed by atoms with Crippen molar-refractivity contribution in [1.29, 1.82) is 0 Å². The van der Waals surface area contributed by atoms with Gasteiger partial charge in [-0.05, 0) is 6.42 Å². The fourth-order valence-electron chi connectivity index (χ4n) is 2.29. The molecule has 1 aliphatic rings. The van der Waals surface area contributed by atoms with Crippen LogP contribution in [0.5, 0.6) is 0 Å². The lowest BCUT2D eigenvalue weighted by molar-refractivity contribution is -0.252. The summed E-state index contributed by atoms with van der Waals surface area (Å²) in [6.07, 6.45) is 3.31. The Morgan fingerprint density at radius 3 is 2.35 bits per heavy atom. The summed E-state index contributed by atoms with van der Waals surface area (Å²) in [6.45, 7) is 2.37. The molecule has 0 unspecified atom stereocenters. The highest BCUT2D eigenvalue weighted by Gasteiger charge is 2.42. The first kappa shape index (κ1) is 18.2. The van der Waals surface area contributed by atoms with Crippen LogP contribution in [0.1, 0.15) is 45.4 Å². The normalized spacial score (nSPS) is 34.4. The molecule has 3 N–H and O–H groups in total. The minimum Gasteiger partial charge on any atom is -0.394 e. The van der Waals surface area contributed by atoms with Gasteiger partial charge in [0.1, 0.15) is 12.2 Å². The van der Waals surface area contributed by atoms with E-state index in [4.69, 9.17) is 14.6 Å². The number of hydrogen-bond acceptors (Lipinski definition) is 6. The highest BCUT2D eigenvalue weighted by Crippen LogP contribution is 2.25. The van der Waals surface area contributed by atoms with Gasteiger partial charge in [0, 0.05) is 6.61 Å². The average molecular weight is 308 g/mol. The summed E-state index contributed by atoms with van der Waals surface area (Å²) in [7, 11) is 0. The van der Waals surface area contributed by atoms with Gasteiger partial charge in [0.2, 0.25) is 0 Å². The van der Waals surface area contributed by atoms with Crippen LogP contribution in [0, 0.1) is 0 Å². The first-order valence-corrected chi connectivity index (χ1v) is 8.05. The third kappa shape index (κ3) is 5.50. The van der Waals surface area contributed by atoms with Crippen LogP contribution in [0.3, 0.4) is 0 Å². The molecule has 1 heterocycles. The standard InChI is InChI=1S/C14H28O5S/c1-2-3-4-5-6-7-8-18-14-13(20)12(17)11(16)10(9-15)19-14/h10-17,20H,2-9H2,1H3/t10-,11-,12+,13+,14+/m1/s1. The molecular weight excluding hydrogens is 280 g/mol. The van der Waals surface area contributed by atoms with Gasteiger partial charge >= 0.3 is 0 Å². The van der Waals surface area contributed by atoms with Crippen molar-refractivity contribution in [2.75, 3.05) is 13.2 Å². The molecule has 0 aromatic heterocycles.